The smallest absolute Gasteiger partial charge is 0.330 e. The topological polar surface area (TPSA) is 43.1 Å². The van der Waals surface area contributed by atoms with Crippen molar-refractivity contribution in [1.82, 2.24) is 0 Å². The van der Waals surface area contributed by atoms with Gasteiger partial charge in [-0.3, -0.25) is 4.21 Å². The van der Waals surface area contributed by atoms with Crippen LogP contribution in [0.5, 0.6) is 0 Å². The van der Waals surface area contributed by atoms with E-state index < -0.39 is 28.6 Å². The van der Waals surface area contributed by atoms with Gasteiger partial charge < -0.3 is 5.73 Å². The monoisotopic (exact) mass is 319 g/mol. The number of halogens is 5. The molecule has 0 aliphatic heterocycles. The van der Waals surface area contributed by atoms with Crippen LogP contribution in [0.3, 0.4) is 0 Å². The quantitative estimate of drug-likeness (QED) is 0.924. The summed E-state index contributed by atoms with van der Waals surface area (Å²) in [6.45, 7) is -0.214. The van der Waals surface area contributed by atoms with Crippen molar-refractivity contribution in [3.05, 3.63) is 28.2 Å². The molecular weight excluding hydrogens is 310 g/mol. The zero-order chi connectivity index (χ0) is 13.9. The first-order chi connectivity index (χ1) is 8.27. The van der Waals surface area contributed by atoms with Crippen LogP contribution in [-0.4, -0.2) is 22.2 Å². The maximum Gasteiger partial charge on any atom is 0.403 e. The van der Waals surface area contributed by atoms with E-state index in [1.165, 1.54) is 18.2 Å². The Morgan fingerprint density at radius 3 is 2.44 bits per heavy atom. The Bertz CT molecular complexity index is 453. The van der Waals surface area contributed by atoms with Crippen molar-refractivity contribution in [3.8, 4) is 0 Å². The van der Waals surface area contributed by atoms with E-state index >= 15 is 0 Å². The van der Waals surface area contributed by atoms with Crippen molar-refractivity contribution in [2.75, 3.05) is 6.54 Å². The molecule has 8 heteroatoms. The molecule has 0 amide bonds. The largest absolute Gasteiger partial charge is 0.403 e. The van der Waals surface area contributed by atoms with Crippen molar-refractivity contribution in [2.45, 2.75) is 22.7 Å². The van der Waals surface area contributed by atoms with Gasteiger partial charge in [-0.15, -0.1) is 0 Å². The van der Waals surface area contributed by atoms with Gasteiger partial charge in [0.2, 0.25) is 0 Å². The molecule has 0 saturated heterocycles. The zero-order valence-corrected chi connectivity index (χ0v) is 11.3. The molecule has 0 bridgehead atoms. The van der Waals surface area contributed by atoms with Gasteiger partial charge in [0.1, 0.15) is 5.25 Å². The second kappa shape index (κ2) is 6.23. The minimum absolute atomic E-state index is 0.0102. The Balaban J connectivity index is 3.13. The number of hydrogen-bond acceptors (Lipinski definition) is 2. The van der Waals surface area contributed by atoms with Crippen molar-refractivity contribution in [3.63, 3.8) is 0 Å². The van der Waals surface area contributed by atoms with E-state index in [-0.39, 0.29) is 21.5 Å². The normalized spacial score (nSPS) is 15.4. The van der Waals surface area contributed by atoms with E-state index in [2.05, 4.69) is 0 Å². The average Bonchev–Trinajstić information content (AvgIpc) is 2.27. The highest BCUT2D eigenvalue weighted by Gasteiger charge is 2.44. The summed E-state index contributed by atoms with van der Waals surface area (Å²) in [5.74, 6) is 0. The first-order valence-electron chi connectivity index (χ1n) is 4.89. The lowest BCUT2D eigenvalue weighted by Gasteiger charge is -2.19. The molecule has 0 aliphatic carbocycles. The fourth-order valence-electron chi connectivity index (χ4n) is 1.33. The Labute approximate surface area is 115 Å². The van der Waals surface area contributed by atoms with Crippen LogP contribution in [-0.2, 0) is 10.8 Å². The number of hydrogen-bond donors (Lipinski definition) is 1. The second-order valence-electron chi connectivity index (χ2n) is 3.48. The standard InChI is InChI=1S/C10H10Cl2F3NOS/c11-6-1-2-7(12)8(5-6)18(17)9(3-4-16)10(13,14)15/h1-2,5,9H,3-4,16H2. The van der Waals surface area contributed by atoms with Crippen molar-refractivity contribution in [1.29, 1.82) is 0 Å². The SMILES string of the molecule is NCCC(S(=O)c1cc(Cl)ccc1Cl)C(F)(F)F. The Hall–Kier alpha value is -0.300. The van der Waals surface area contributed by atoms with E-state index in [0.717, 1.165) is 0 Å². The van der Waals surface area contributed by atoms with Crippen LogP contribution in [0.15, 0.2) is 23.1 Å². The molecule has 1 rings (SSSR count). The molecule has 0 fully saturated rings. The summed E-state index contributed by atoms with van der Waals surface area (Å²) < 4.78 is 50.2. The summed E-state index contributed by atoms with van der Waals surface area (Å²) in [6, 6.07) is 3.90. The molecule has 102 valence electrons. The average molecular weight is 320 g/mol. The number of rotatable bonds is 4. The van der Waals surface area contributed by atoms with Gasteiger partial charge in [0, 0.05) is 5.02 Å². The fourth-order valence-corrected chi connectivity index (χ4v) is 3.31. The Morgan fingerprint density at radius 1 is 1.33 bits per heavy atom. The second-order valence-corrected chi connectivity index (χ2v) is 5.93. The van der Waals surface area contributed by atoms with Crippen LogP contribution in [0.2, 0.25) is 10.0 Å². The molecule has 18 heavy (non-hydrogen) atoms. The number of alkyl halides is 3. The Morgan fingerprint density at radius 2 is 1.94 bits per heavy atom. The summed E-state index contributed by atoms with van der Waals surface area (Å²) in [6.07, 6.45) is -5.03. The minimum Gasteiger partial charge on any atom is -0.330 e. The molecule has 0 radical (unpaired) electrons. The van der Waals surface area contributed by atoms with E-state index in [1.54, 1.807) is 0 Å². The summed E-state index contributed by atoms with van der Waals surface area (Å²) in [7, 11) is -2.33. The molecule has 0 saturated carbocycles. The zero-order valence-electron chi connectivity index (χ0n) is 9.01. The molecule has 2 nitrogen and oxygen atoms in total. The lowest BCUT2D eigenvalue weighted by atomic mass is 10.3. The van der Waals surface area contributed by atoms with Crippen molar-refractivity contribution < 1.29 is 17.4 Å². The summed E-state index contributed by atoms with van der Waals surface area (Å²) >= 11 is 11.4. The first kappa shape index (κ1) is 15.8. The van der Waals surface area contributed by atoms with Gasteiger partial charge >= 0.3 is 6.18 Å². The lowest BCUT2D eigenvalue weighted by molar-refractivity contribution is -0.130. The van der Waals surface area contributed by atoms with E-state index in [1.807, 2.05) is 0 Å². The maximum absolute atomic E-state index is 12.8. The van der Waals surface area contributed by atoms with E-state index in [9.17, 15) is 17.4 Å². The van der Waals surface area contributed by atoms with Crippen LogP contribution in [0.25, 0.3) is 0 Å². The molecule has 2 N–H and O–H groups in total. The highest BCUT2D eigenvalue weighted by atomic mass is 35.5. The molecule has 1 aromatic rings. The third-order valence-corrected chi connectivity index (χ3v) is 4.63. The van der Waals surface area contributed by atoms with Gasteiger partial charge in [0.25, 0.3) is 0 Å². The summed E-state index contributed by atoms with van der Waals surface area (Å²) in [5.41, 5.74) is 5.12. The molecule has 0 aliphatic rings. The lowest BCUT2D eigenvalue weighted by Crippen LogP contribution is -2.35. The third-order valence-electron chi connectivity index (χ3n) is 2.16. The highest BCUT2D eigenvalue weighted by Crippen LogP contribution is 2.33. The van der Waals surface area contributed by atoms with Crippen LogP contribution in [0, 0.1) is 0 Å². The van der Waals surface area contributed by atoms with Crippen LogP contribution in [0.1, 0.15) is 6.42 Å². The maximum atomic E-state index is 12.8. The highest BCUT2D eigenvalue weighted by molar-refractivity contribution is 7.86. The molecular formula is C10H10Cl2F3NOS. The van der Waals surface area contributed by atoms with Crippen molar-refractivity contribution in [2.24, 2.45) is 5.73 Å². The summed E-state index contributed by atoms with van der Waals surface area (Å²) in [5, 5.41) is -1.88. The van der Waals surface area contributed by atoms with Gasteiger partial charge in [-0.25, -0.2) is 0 Å². The predicted octanol–water partition coefficient (Wildman–Crippen LogP) is 3.38. The Kier molecular flexibility index (Phi) is 5.46. The molecule has 0 aromatic heterocycles. The molecule has 0 spiro atoms. The van der Waals surface area contributed by atoms with Gasteiger partial charge in [-0.05, 0) is 31.2 Å². The van der Waals surface area contributed by atoms with Crippen LogP contribution in [0.4, 0.5) is 13.2 Å². The van der Waals surface area contributed by atoms with Crippen LogP contribution >= 0.6 is 23.2 Å². The van der Waals surface area contributed by atoms with Crippen LogP contribution < -0.4 is 5.73 Å². The third kappa shape index (κ3) is 3.85. The molecule has 1 aromatic carbocycles. The molecule has 2 atom stereocenters. The minimum atomic E-state index is -4.60. The van der Waals surface area contributed by atoms with E-state index in [4.69, 9.17) is 28.9 Å². The number of benzene rings is 1. The molecule has 0 heterocycles. The van der Waals surface area contributed by atoms with Gasteiger partial charge in [-0.1, -0.05) is 23.2 Å². The molecule has 2 unspecified atom stereocenters. The first-order valence-corrected chi connectivity index (χ1v) is 6.86. The summed E-state index contributed by atoms with van der Waals surface area (Å²) in [4.78, 5) is -0.125. The van der Waals surface area contributed by atoms with E-state index in [0.29, 0.717) is 0 Å². The fraction of sp³-hybridized carbons (Fsp3) is 0.400. The van der Waals surface area contributed by atoms with Crippen molar-refractivity contribution >= 4 is 34.0 Å². The van der Waals surface area contributed by atoms with Gasteiger partial charge in [-0.2, -0.15) is 13.2 Å². The number of nitrogens with two attached hydrogens (primary N) is 1. The van der Waals surface area contributed by atoms with Gasteiger partial charge in [0.15, 0.2) is 0 Å². The predicted molar refractivity (Wildman–Crippen MR) is 66.4 cm³/mol. The van der Waals surface area contributed by atoms with Gasteiger partial charge in [0.05, 0.1) is 20.7 Å².